The minimum absolute atomic E-state index is 0.257. The maximum absolute atomic E-state index is 10.5. The van der Waals surface area contributed by atoms with Crippen LogP contribution in [0.1, 0.15) is 13.3 Å². The van der Waals surface area contributed by atoms with Gasteiger partial charge in [-0.25, -0.2) is 4.58 Å². The second-order valence-electron chi connectivity index (χ2n) is 3.22. The zero-order valence-electron chi connectivity index (χ0n) is 9.46. The lowest BCUT2D eigenvalue weighted by Crippen LogP contribution is -2.14. The molecule has 0 saturated carbocycles. The normalized spacial score (nSPS) is 13.0. The van der Waals surface area contributed by atoms with Crippen LogP contribution in [-0.2, 0) is 10.1 Å². The number of hydrogen-bond donors (Lipinski definition) is 1. The van der Waals surface area contributed by atoms with Gasteiger partial charge in [-0.3, -0.25) is 4.55 Å². The van der Waals surface area contributed by atoms with Crippen LogP contribution in [0, 0.1) is 0 Å². The lowest BCUT2D eigenvalue weighted by atomic mass is 10.3. The van der Waals surface area contributed by atoms with Gasteiger partial charge in [0, 0.05) is 18.6 Å². The van der Waals surface area contributed by atoms with Crippen LogP contribution in [0.15, 0.2) is 36.6 Å². The van der Waals surface area contributed by atoms with Crippen molar-refractivity contribution >= 4 is 16.8 Å². The highest BCUT2D eigenvalue weighted by atomic mass is 32.2. The summed E-state index contributed by atoms with van der Waals surface area (Å²) >= 11 is 0. The van der Waals surface area contributed by atoms with Gasteiger partial charge in [0.25, 0.3) is 10.1 Å². The average molecular weight is 244 g/mol. The fraction of sp³-hybridized carbons (Fsp3) is 0.364. The predicted molar refractivity (Wildman–Crippen MR) is 66.4 cm³/mol. The summed E-state index contributed by atoms with van der Waals surface area (Å²) in [4.78, 5) is 0. The van der Waals surface area contributed by atoms with E-state index in [-0.39, 0.29) is 5.75 Å². The maximum atomic E-state index is 10.5. The zero-order valence-corrected chi connectivity index (χ0v) is 10.3. The molecule has 0 rings (SSSR count). The van der Waals surface area contributed by atoms with Crippen molar-refractivity contribution in [2.24, 2.45) is 0 Å². The van der Waals surface area contributed by atoms with Crippen LogP contribution in [-0.4, -0.2) is 36.6 Å². The largest absolute Gasteiger partial charge is 0.286 e. The summed E-state index contributed by atoms with van der Waals surface area (Å²) in [7, 11) is -3.88. The Morgan fingerprint density at radius 1 is 1.50 bits per heavy atom. The molecule has 0 aromatic heterocycles. The lowest BCUT2D eigenvalue weighted by molar-refractivity contribution is -0.462. The summed E-state index contributed by atoms with van der Waals surface area (Å²) in [5, 5.41) is 0. The van der Waals surface area contributed by atoms with E-state index in [1.54, 1.807) is 10.7 Å². The molecule has 5 heteroatoms. The van der Waals surface area contributed by atoms with Crippen LogP contribution < -0.4 is 0 Å². The molecule has 4 nitrogen and oxygen atoms in total. The Hall–Kier alpha value is -1.20. The van der Waals surface area contributed by atoms with Gasteiger partial charge < -0.3 is 0 Å². The molecular weight excluding hydrogens is 226 g/mol. The molecule has 0 atom stereocenters. The SMILES string of the molecule is C=C/C(=C/C=C\C)[N+](=C)CCCS(=O)(=O)O. The molecule has 90 valence electrons. The fourth-order valence-electron chi connectivity index (χ4n) is 1.06. The van der Waals surface area contributed by atoms with E-state index >= 15 is 0 Å². The summed E-state index contributed by atoms with van der Waals surface area (Å²) in [5.74, 6) is -0.257. The minimum Gasteiger partial charge on any atom is -0.286 e. The topological polar surface area (TPSA) is 57.4 Å². The van der Waals surface area contributed by atoms with Gasteiger partial charge in [-0.05, 0) is 6.92 Å². The standard InChI is InChI=1S/C11H17NO3S/c1-4-6-8-11(5-2)12(3)9-7-10-16(13,14)15/h4-6,8H,2-3,7,9-10H2,1H3/p+1/b6-4-,11-8-. The summed E-state index contributed by atoms with van der Waals surface area (Å²) in [6.45, 7) is 9.74. The van der Waals surface area contributed by atoms with Crippen LogP contribution >= 0.6 is 0 Å². The number of nitrogens with zero attached hydrogens (tertiary/aromatic N) is 1. The van der Waals surface area contributed by atoms with Crippen molar-refractivity contribution < 1.29 is 17.5 Å². The van der Waals surface area contributed by atoms with Gasteiger partial charge in [-0.1, -0.05) is 18.7 Å². The second-order valence-corrected chi connectivity index (χ2v) is 4.80. The van der Waals surface area contributed by atoms with Gasteiger partial charge in [0.15, 0.2) is 0 Å². The Morgan fingerprint density at radius 2 is 2.12 bits per heavy atom. The molecule has 0 amide bonds. The molecular formula is C11H18NO3S+. The highest BCUT2D eigenvalue weighted by molar-refractivity contribution is 7.85. The maximum Gasteiger partial charge on any atom is 0.265 e. The van der Waals surface area contributed by atoms with E-state index in [2.05, 4.69) is 13.3 Å². The van der Waals surface area contributed by atoms with Gasteiger partial charge in [-0.2, -0.15) is 8.42 Å². The first-order valence-electron chi connectivity index (χ1n) is 4.89. The summed E-state index contributed by atoms with van der Waals surface area (Å²) < 4.78 is 31.2. The van der Waals surface area contributed by atoms with Gasteiger partial charge in [-0.15, -0.1) is 0 Å². The molecule has 0 bridgehead atoms. The predicted octanol–water partition coefficient (Wildman–Crippen LogP) is 1.62. The Kier molecular flexibility index (Phi) is 6.60. The van der Waals surface area contributed by atoms with E-state index < -0.39 is 10.1 Å². The number of hydrogen-bond acceptors (Lipinski definition) is 2. The first kappa shape index (κ1) is 14.8. The summed E-state index contributed by atoms with van der Waals surface area (Å²) in [5.41, 5.74) is 0.799. The van der Waals surface area contributed by atoms with Gasteiger partial charge >= 0.3 is 0 Å². The van der Waals surface area contributed by atoms with Crippen molar-refractivity contribution in [2.45, 2.75) is 13.3 Å². The Morgan fingerprint density at radius 3 is 2.56 bits per heavy atom. The first-order valence-corrected chi connectivity index (χ1v) is 6.50. The van der Waals surface area contributed by atoms with Crippen LogP contribution in [0.3, 0.4) is 0 Å². The smallest absolute Gasteiger partial charge is 0.265 e. The molecule has 0 aromatic carbocycles. The highest BCUT2D eigenvalue weighted by Gasteiger charge is 2.09. The molecule has 0 aliphatic carbocycles. The zero-order chi connectivity index (χ0) is 12.6. The molecule has 1 N–H and O–H groups in total. The number of rotatable bonds is 7. The fourth-order valence-corrected chi connectivity index (χ4v) is 1.56. The van der Waals surface area contributed by atoms with Crippen molar-refractivity contribution in [3.05, 3.63) is 36.6 Å². The molecule has 0 radical (unpaired) electrons. The minimum atomic E-state index is -3.88. The van der Waals surface area contributed by atoms with Crippen LogP contribution in [0.25, 0.3) is 0 Å². The van der Waals surface area contributed by atoms with E-state index in [0.29, 0.717) is 13.0 Å². The quantitative estimate of drug-likeness (QED) is 0.320. The van der Waals surface area contributed by atoms with E-state index in [0.717, 1.165) is 5.70 Å². The summed E-state index contributed by atoms with van der Waals surface area (Å²) in [6.07, 6.45) is 7.50. The summed E-state index contributed by atoms with van der Waals surface area (Å²) in [6, 6.07) is 0. The third kappa shape index (κ3) is 7.14. The average Bonchev–Trinajstić information content (AvgIpc) is 2.17. The van der Waals surface area contributed by atoms with Crippen LogP contribution in [0.5, 0.6) is 0 Å². The molecule has 0 aromatic rings. The van der Waals surface area contributed by atoms with Crippen molar-refractivity contribution in [1.29, 1.82) is 0 Å². The molecule has 0 heterocycles. The van der Waals surface area contributed by atoms with Gasteiger partial charge in [0.1, 0.15) is 13.3 Å². The Bertz CT molecular complexity index is 405. The highest BCUT2D eigenvalue weighted by Crippen LogP contribution is 2.00. The Labute approximate surface area is 97.1 Å². The van der Waals surface area contributed by atoms with Crippen molar-refractivity contribution in [1.82, 2.24) is 0 Å². The molecule has 0 aliphatic heterocycles. The molecule has 0 unspecified atom stereocenters. The molecule has 0 spiro atoms. The lowest BCUT2D eigenvalue weighted by Gasteiger charge is -2.00. The molecule has 0 saturated heterocycles. The van der Waals surface area contributed by atoms with Gasteiger partial charge in [0.05, 0.1) is 5.75 Å². The van der Waals surface area contributed by atoms with Crippen LogP contribution in [0.4, 0.5) is 0 Å². The van der Waals surface area contributed by atoms with Crippen LogP contribution in [0.2, 0.25) is 0 Å². The van der Waals surface area contributed by atoms with Crippen molar-refractivity contribution in [3.63, 3.8) is 0 Å². The van der Waals surface area contributed by atoms with E-state index in [4.69, 9.17) is 4.55 Å². The van der Waals surface area contributed by atoms with Crippen molar-refractivity contribution in [2.75, 3.05) is 12.3 Å². The first-order chi connectivity index (χ1) is 7.40. The second kappa shape index (κ2) is 7.14. The van der Waals surface area contributed by atoms with E-state index in [1.165, 1.54) is 0 Å². The Balaban J connectivity index is 4.29. The third-order valence-corrected chi connectivity index (χ3v) is 2.67. The molecule has 0 aliphatic rings. The molecule has 0 fully saturated rings. The number of allylic oxidation sites excluding steroid dienone is 4. The van der Waals surface area contributed by atoms with Crippen molar-refractivity contribution in [3.8, 4) is 0 Å². The van der Waals surface area contributed by atoms with E-state index in [9.17, 15) is 8.42 Å². The van der Waals surface area contributed by atoms with Gasteiger partial charge in [0.2, 0.25) is 5.70 Å². The molecule has 16 heavy (non-hydrogen) atoms. The third-order valence-electron chi connectivity index (χ3n) is 1.86. The monoisotopic (exact) mass is 244 g/mol. The van der Waals surface area contributed by atoms with E-state index in [1.807, 2.05) is 25.2 Å².